The number of unbranched alkanes of at least 4 members (excludes halogenated alkanes) is 1. The minimum atomic E-state index is -3.99. The molecule has 36 heavy (non-hydrogen) atoms. The lowest BCUT2D eigenvalue weighted by Gasteiger charge is -2.33. The van der Waals surface area contributed by atoms with Gasteiger partial charge in [-0.2, -0.15) is 12.7 Å². The first-order valence-electron chi connectivity index (χ1n) is 12.3. The van der Waals surface area contributed by atoms with Gasteiger partial charge >= 0.3 is 10.2 Å². The Morgan fingerprint density at radius 1 is 1.00 bits per heavy atom. The number of rotatable bonds is 12. The van der Waals surface area contributed by atoms with Crippen molar-refractivity contribution in [2.75, 3.05) is 31.5 Å². The Balaban J connectivity index is 2.48. The highest BCUT2D eigenvalue weighted by molar-refractivity contribution is 7.90. The maximum absolute atomic E-state index is 13.8. The number of anilines is 1. The van der Waals surface area contributed by atoms with E-state index in [2.05, 4.69) is 5.32 Å². The van der Waals surface area contributed by atoms with E-state index in [1.165, 1.54) is 19.0 Å². The van der Waals surface area contributed by atoms with Crippen LogP contribution in [-0.4, -0.2) is 62.7 Å². The van der Waals surface area contributed by atoms with Crippen LogP contribution in [0.1, 0.15) is 48.9 Å². The molecule has 198 valence electrons. The Labute approximate surface area is 216 Å². The molecule has 1 atom stereocenters. The first-order chi connectivity index (χ1) is 16.9. The molecule has 0 aliphatic rings. The van der Waals surface area contributed by atoms with Crippen molar-refractivity contribution in [1.82, 2.24) is 14.5 Å². The molecule has 2 amide bonds. The molecule has 0 spiro atoms. The first kappa shape index (κ1) is 29.3. The van der Waals surface area contributed by atoms with E-state index in [0.717, 1.165) is 43.7 Å². The van der Waals surface area contributed by atoms with Gasteiger partial charge in [0.25, 0.3) is 0 Å². The number of hydrogen-bond donors (Lipinski definition) is 1. The highest BCUT2D eigenvalue weighted by atomic mass is 32.2. The molecule has 0 heterocycles. The van der Waals surface area contributed by atoms with Crippen molar-refractivity contribution in [3.05, 3.63) is 64.7 Å². The third kappa shape index (κ3) is 7.30. The topological polar surface area (TPSA) is 90.0 Å². The summed E-state index contributed by atoms with van der Waals surface area (Å²) in [6.07, 6.45) is 1.78. The summed E-state index contributed by atoms with van der Waals surface area (Å²) in [5.74, 6) is -0.720. The quantitative estimate of drug-likeness (QED) is 0.437. The summed E-state index contributed by atoms with van der Waals surface area (Å²) in [6.45, 7) is 9.64. The monoisotopic (exact) mass is 516 g/mol. The largest absolute Gasteiger partial charge is 0.354 e. The van der Waals surface area contributed by atoms with Crippen molar-refractivity contribution in [3.8, 4) is 0 Å². The van der Waals surface area contributed by atoms with Crippen LogP contribution in [0, 0.1) is 20.8 Å². The Hall–Kier alpha value is -2.91. The average Bonchev–Trinajstić information content (AvgIpc) is 2.83. The molecule has 2 rings (SSSR count). The zero-order chi connectivity index (χ0) is 27.0. The van der Waals surface area contributed by atoms with Crippen LogP contribution in [0.3, 0.4) is 0 Å². The molecular formula is C27H40N4O4S. The van der Waals surface area contributed by atoms with Crippen molar-refractivity contribution in [2.45, 2.75) is 60.0 Å². The van der Waals surface area contributed by atoms with Crippen molar-refractivity contribution < 1.29 is 18.0 Å². The Bertz CT molecular complexity index is 1160. The zero-order valence-electron chi connectivity index (χ0n) is 22.5. The fraction of sp³-hybridized carbons (Fsp3) is 0.481. The molecule has 0 saturated carbocycles. The molecule has 0 radical (unpaired) electrons. The third-order valence-corrected chi connectivity index (χ3v) is 8.06. The molecule has 0 aromatic heterocycles. The third-order valence-electron chi connectivity index (χ3n) is 6.25. The van der Waals surface area contributed by atoms with Crippen LogP contribution in [0.5, 0.6) is 0 Å². The smallest absolute Gasteiger partial charge is 0.304 e. The molecule has 9 heteroatoms. The molecular weight excluding hydrogens is 476 g/mol. The summed E-state index contributed by atoms with van der Waals surface area (Å²) in [4.78, 5) is 28.2. The minimum Gasteiger partial charge on any atom is -0.354 e. The minimum absolute atomic E-state index is 0.191. The van der Waals surface area contributed by atoms with Crippen molar-refractivity contribution in [1.29, 1.82) is 0 Å². The summed E-state index contributed by atoms with van der Waals surface area (Å²) in [5.41, 5.74) is 3.93. The fourth-order valence-corrected chi connectivity index (χ4v) is 4.89. The van der Waals surface area contributed by atoms with E-state index < -0.39 is 28.7 Å². The van der Waals surface area contributed by atoms with Gasteiger partial charge in [-0.05, 0) is 62.4 Å². The van der Waals surface area contributed by atoms with Crippen LogP contribution < -0.4 is 9.62 Å². The van der Waals surface area contributed by atoms with Crippen LogP contribution in [0.25, 0.3) is 0 Å². The van der Waals surface area contributed by atoms with Gasteiger partial charge in [0.1, 0.15) is 12.6 Å². The van der Waals surface area contributed by atoms with Crippen LogP contribution in [-0.2, 0) is 26.3 Å². The highest BCUT2D eigenvalue weighted by Crippen LogP contribution is 2.26. The number of nitrogens with one attached hydrogen (secondary N) is 1. The number of hydrogen-bond acceptors (Lipinski definition) is 4. The maximum atomic E-state index is 13.8. The predicted molar refractivity (Wildman–Crippen MR) is 145 cm³/mol. The second-order valence-electron chi connectivity index (χ2n) is 9.36. The SMILES string of the molecule is CCCCNC(=O)C(C)N(Cc1ccccc1C)C(=O)CN(c1cc(C)ccc1C)S(=O)(=O)N(C)C. The van der Waals surface area contributed by atoms with Crippen LogP contribution in [0.2, 0.25) is 0 Å². The number of nitrogens with zero attached hydrogens (tertiary/aromatic N) is 3. The molecule has 2 aromatic rings. The number of aryl methyl sites for hydroxylation is 3. The normalized spacial score (nSPS) is 12.3. The Morgan fingerprint density at radius 3 is 2.28 bits per heavy atom. The lowest BCUT2D eigenvalue weighted by molar-refractivity contribution is -0.139. The van der Waals surface area contributed by atoms with E-state index in [1.807, 2.05) is 64.1 Å². The van der Waals surface area contributed by atoms with Gasteiger partial charge in [-0.15, -0.1) is 0 Å². The second kappa shape index (κ2) is 12.9. The molecule has 0 bridgehead atoms. The highest BCUT2D eigenvalue weighted by Gasteiger charge is 2.33. The molecule has 1 N–H and O–H groups in total. The van der Waals surface area contributed by atoms with Gasteiger partial charge in [0.15, 0.2) is 0 Å². The van der Waals surface area contributed by atoms with Crippen LogP contribution in [0.15, 0.2) is 42.5 Å². The summed E-state index contributed by atoms with van der Waals surface area (Å²) < 4.78 is 28.9. The summed E-state index contributed by atoms with van der Waals surface area (Å²) in [7, 11) is -1.11. The molecule has 1 unspecified atom stereocenters. The second-order valence-corrected chi connectivity index (χ2v) is 11.4. The van der Waals surface area contributed by atoms with Crippen LogP contribution >= 0.6 is 0 Å². The summed E-state index contributed by atoms with van der Waals surface area (Å²) >= 11 is 0. The number of carbonyl (C=O) groups excluding carboxylic acids is 2. The first-order valence-corrected chi connectivity index (χ1v) is 13.7. The predicted octanol–water partition coefficient (Wildman–Crippen LogP) is 3.56. The van der Waals surface area contributed by atoms with Crippen molar-refractivity contribution >= 4 is 27.7 Å². The molecule has 0 fully saturated rings. The molecule has 8 nitrogen and oxygen atoms in total. The van der Waals surface area contributed by atoms with Crippen molar-refractivity contribution in [3.63, 3.8) is 0 Å². The number of benzene rings is 2. The molecule has 0 saturated heterocycles. The number of amides is 2. The van der Waals surface area contributed by atoms with Crippen molar-refractivity contribution in [2.24, 2.45) is 0 Å². The van der Waals surface area contributed by atoms with Gasteiger partial charge in [0.05, 0.1) is 5.69 Å². The lowest BCUT2D eigenvalue weighted by atomic mass is 10.1. The van der Waals surface area contributed by atoms with Gasteiger partial charge in [-0.3, -0.25) is 9.59 Å². The van der Waals surface area contributed by atoms with E-state index in [1.54, 1.807) is 13.0 Å². The van der Waals surface area contributed by atoms with E-state index in [9.17, 15) is 18.0 Å². The van der Waals surface area contributed by atoms with Gasteiger partial charge < -0.3 is 10.2 Å². The maximum Gasteiger partial charge on any atom is 0.304 e. The molecule has 0 aliphatic carbocycles. The van der Waals surface area contributed by atoms with Gasteiger partial charge in [-0.1, -0.05) is 49.7 Å². The summed E-state index contributed by atoms with van der Waals surface area (Å²) in [5, 5.41) is 2.90. The van der Waals surface area contributed by atoms with Gasteiger partial charge in [-0.25, -0.2) is 4.31 Å². The van der Waals surface area contributed by atoms with Crippen LogP contribution in [0.4, 0.5) is 5.69 Å². The van der Waals surface area contributed by atoms with Gasteiger partial charge in [0.2, 0.25) is 11.8 Å². The number of carbonyl (C=O) groups is 2. The summed E-state index contributed by atoms with van der Waals surface area (Å²) in [6, 6.07) is 12.4. The van der Waals surface area contributed by atoms with Gasteiger partial charge in [0, 0.05) is 27.2 Å². The molecule has 0 aliphatic heterocycles. The fourth-order valence-electron chi connectivity index (χ4n) is 3.78. The van der Waals surface area contributed by atoms with E-state index >= 15 is 0 Å². The average molecular weight is 517 g/mol. The Kier molecular flexibility index (Phi) is 10.5. The van der Waals surface area contributed by atoms with E-state index in [0.29, 0.717) is 12.2 Å². The lowest BCUT2D eigenvalue weighted by Crippen LogP contribution is -2.52. The van der Waals surface area contributed by atoms with E-state index in [-0.39, 0.29) is 12.5 Å². The zero-order valence-corrected chi connectivity index (χ0v) is 23.4. The van der Waals surface area contributed by atoms with E-state index in [4.69, 9.17) is 0 Å². The molecule has 2 aromatic carbocycles. The Morgan fingerprint density at radius 2 is 1.67 bits per heavy atom. The standard InChI is InChI=1S/C27H40N4O4S/c1-8-9-16-28-27(33)23(5)30(18-24-13-11-10-12-21(24)3)26(32)19-31(36(34,35)29(6)7)25-17-20(2)14-15-22(25)4/h10-15,17,23H,8-9,16,18-19H2,1-7H3,(H,28,33).